The summed E-state index contributed by atoms with van der Waals surface area (Å²) in [5, 5.41) is 7.51. The van der Waals surface area contributed by atoms with Gasteiger partial charge in [0, 0.05) is 48.7 Å². The molecule has 0 saturated carbocycles. The van der Waals surface area contributed by atoms with Gasteiger partial charge in [0.15, 0.2) is 6.10 Å². The van der Waals surface area contributed by atoms with E-state index >= 15 is 0 Å². The van der Waals surface area contributed by atoms with Crippen LogP contribution in [-0.4, -0.2) is 50.3 Å². The molecule has 0 aliphatic carbocycles. The van der Waals surface area contributed by atoms with Crippen LogP contribution in [0, 0.1) is 6.92 Å². The lowest BCUT2D eigenvalue weighted by Gasteiger charge is -2.19. The normalized spacial score (nSPS) is 15.8. The number of hydrogen-bond acceptors (Lipinski definition) is 8. The first-order chi connectivity index (χ1) is 16.5. The number of hydrogen-bond donors (Lipinski definition) is 1. The molecule has 5 rings (SSSR count). The van der Waals surface area contributed by atoms with Gasteiger partial charge in [-0.2, -0.15) is 15.1 Å². The van der Waals surface area contributed by atoms with Crippen LogP contribution >= 0.6 is 0 Å². The summed E-state index contributed by atoms with van der Waals surface area (Å²) in [4.78, 5) is 16.3. The van der Waals surface area contributed by atoms with Crippen molar-refractivity contribution in [1.29, 1.82) is 0 Å². The maximum absolute atomic E-state index is 6.36. The number of pyridine rings is 3. The Hall–Kier alpha value is -3.98. The quantitative estimate of drug-likeness (QED) is 0.483. The Labute approximate surface area is 198 Å². The van der Waals surface area contributed by atoms with Crippen molar-refractivity contribution in [2.45, 2.75) is 19.6 Å². The first-order valence-corrected chi connectivity index (χ1v) is 11.1. The monoisotopic (exact) mass is 457 g/mol. The van der Waals surface area contributed by atoms with Crippen LogP contribution < -0.4 is 14.8 Å². The summed E-state index contributed by atoms with van der Waals surface area (Å²) in [6.07, 6.45) is 3.51. The number of fused-ring (bicyclic) bond motifs is 1. The molecule has 0 spiro atoms. The molecule has 4 aromatic heterocycles. The number of methoxy groups -OCH3 is 1. The lowest BCUT2D eigenvalue weighted by Crippen LogP contribution is -2.24. The van der Waals surface area contributed by atoms with Crippen molar-refractivity contribution < 1.29 is 9.47 Å². The van der Waals surface area contributed by atoms with E-state index in [1.165, 1.54) is 0 Å². The van der Waals surface area contributed by atoms with E-state index in [0.29, 0.717) is 23.4 Å². The van der Waals surface area contributed by atoms with E-state index in [1.54, 1.807) is 18.0 Å². The molecule has 0 saturated heterocycles. The highest BCUT2D eigenvalue weighted by molar-refractivity contribution is 5.70. The highest BCUT2D eigenvalue weighted by atomic mass is 16.5. The fourth-order valence-corrected chi connectivity index (χ4v) is 4.05. The number of aryl methyl sites for hydroxylation is 2. The third-order valence-electron chi connectivity index (χ3n) is 5.68. The molecule has 0 amide bonds. The van der Waals surface area contributed by atoms with Gasteiger partial charge in [0.1, 0.15) is 11.6 Å². The minimum atomic E-state index is -0.203. The summed E-state index contributed by atoms with van der Waals surface area (Å²) in [6, 6.07) is 13.8. The van der Waals surface area contributed by atoms with Gasteiger partial charge in [-0.3, -0.25) is 14.6 Å². The minimum Gasteiger partial charge on any atom is -0.480 e. The van der Waals surface area contributed by atoms with Crippen molar-refractivity contribution in [1.82, 2.24) is 29.6 Å². The Balaban J connectivity index is 1.41. The Bertz CT molecular complexity index is 1320. The second kappa shape index (κ2) is 9.11. The third-order valence-corrected chi connectivity index (χ3v) is 5.68. The van der Waals surface area contributed by atoms with Gasteiger partial charge in [-0.1, -0.05) is 6.07 Å². The zero-order chi connectivity index (χ0) is 23.7. The van der Waals surface area contributed by atoms with Crippen molar-refractivity contribution >= 4 is 11.6 Å². The van der Waals surface area contributed by atoms with E-state index in [-0.39, 0.29) is 6.10 Å². The predicted molar refractivity (Wildman–Crippen MR) is 129 cm³/mol. The molecule has 9 heteroatoms. The predicted octanol–water partition coefficient (Wildman–Crippen LogP) is 3.90. The molecule has 1 aliphatic rings. The summed E-state index contributed by atoms with van der Waals surface area (Å²) in [6.45, 7) is 3.46. The van der Waals surface area contributed by atoms with Gasteiger partial charge in [-0.15, -0.1) is 0 Å². The highest BCUT2D eigenvalue weighted by Gasteiger charge is 2.25. The fourth-order valence-electron chi connectivity index (χ4n) is 4.05. The molecule has 5 heterocycles. The number of ether oxygens (including phenoxy) is 2. The van der Waals surface area contributed by atoms with E-state index < -0.39 is 0 Å². The van der Waals surface area contributed by atoms with Crippen LogP contribution in [0.5, 0.6) is 11.8 Å². The lowest BCUT2D eigenvalue weighted by molar-refractivity contribution is 0.156. The number of anilines is 2. The molecular weight excluding hydrogens is 430 g/mol. The summed E-state index contributed by atoms with van der Waals surface area (Å²) in [5.74, 6) is 2.38. The molecule has 1 aliphatic heterocycles. The van der Waals surface area contributed by atoms with Crippen LogP contribution in [0.25, 0.3) is 11.1 Å². The van der Waals surface area contributed by atoms with Crippen molar-refractivity contribution in [2.24, 2.45) is 7.05 Å². The van der Waals surface area contributed by atoms with Crippen molar-refractivity contribution in [2.75, 3.05) is 26.0 Å². The van der Waals surface area contributed by atoms with E-state index in [1.807, 2.05) is 62.6 Å². The molecule has 0 fully saturated rings. The standard InChI is InChI=1S/C25H27N7O2/c1-16-6-5-7-20(27-16)21-15-31(2)13-17-8-10-22(29-24(17)34-21)28-23-11-9-19(25(30-23)33-4)18-12-26-32(3)14-18/h5-12,14,21H,13,15H2,1-4H3,(H,28,29,30). The van der Waals surface area contributed by atoms with E-state index in [2.05, 4.69) is 32.3 Å². The maximum atomic E-state index is 6.36. The van der Waals surface area contributed by atoms with Gasteiger partial charge in [-0.25, -0.2) is 0 Å². The lowest BCUT2D eigenvalue weighted by atomic mass is 10.1. The van der Waals surface area contributed by atoms with Crippen LogP contribution in [0.15, 0.2) is 54.9 Å². The summed E-state index contributed by atoms with van der Waals surface area (Å²) < 4.78 is 13.6. The second-order valence-corrected chi connectivity index (χ2v) is 8.45. The molecule has 174 valence electrons. The smallest absolute Gasteiger partial charge is 0.223 e. The van der Waals surface area contributed by atoms with Crippen LogP contribution in [0.4, 0.5) is 11.6 Å². The van der Waals surface area contributed by atoms with Gasteiger partial charge in [0.25, 0.3) is 0 Å². The van der Waals surface area contributed by atoms with E-state index in [9.17, 15) is 0 Å². The summed E-state index contributed by atoms with van der Waals surface area (Å²) in [5.41, 5.74) is 4.70. The van der Waals surface area contributed by atoms with E-state index in [0.717, 1.165) is 41.2 Å². The molecule has 0 aromatic carbocycles. The molecular formula is C25H27N7O2. The number of aromatic nitrogens is 5. The van der Waals surface area contributed by atoms with Gasteiger partial charge < -0.3 is 14.8 Å². The first kappa shape index (κ1) is 21.8. The number of likely N-dealkylation sites (N-methyl/N-ethyl adjacent to an activating group) is 1. The Morgan fingerprint density at radius 2 is 1.85 bits per heavy atom. The van der Waals surface area contributed by atoms with Crippen molar-refractivity contribution in [3.05, 3.63) is 71.8 Å². The largest absolute Gasteiger partial charge is 0.480 e. The van der Waals surface area contributed by atoms with Crippen molar-refractivity contribution in [3.63, 3.8) is 0 Å². The van der Waals surface area contributed by atoms with E-state index in [4.69, 9.17) is 14.5 Å². The minimum absolute atomic E-state index is 0.203. The van der Waals surface area contributed by atoms with Crippen molar-refractivity contribution in [3.8, 4) is 22.9 Å². The maximum Gasteiger partial charge on any atom is 0.223 e. The molecule has 4 aromatic rings. The molecule has 9 nitrogen and oxygen atoms in total. The first-order valence-electron chi connectivity index (χ1n) is 11.1. The third kappa shape index (κ3) is 4.55. The molecule has 0 bridgehead atoms. The summed E-state index contributed by atoms with van der Waals surface area (Å²) >= 11 is 0. The highest BCUT2D eigenvalue weighted by Crippen LogP contribution is 2.32. The van der Waals surface area contributed by atoms with Crippen LogP contribution in [-0.2, 0) is 13.6 Å². The molecule has 34 heavy (non-hydrogen) atoms. The molecule has 0 radical (unpaired) electrons. The average Bonchev–Trinajstić information content (AvgIpc) is 3.18. The topological polar surface area (TPSA) is 90.2 Å². The summed E-state index contributed by atoms with van der Waals surface area (Å²) in [7, 11) is 5.56. The van der Waals surface area contributed by atoms with Crippen LogP contribution in [0.1, 0.15) is 23.1 Å². The van der Waals surface area contributed by atoms with Crippen LogP contribution in [0.2, 0.25) is 0 Å². The SMILES string of the molecule is COc1nc(Nc2ccc3c(n2)OC(c2cccc(C)n2)CN(C)C3)ccc1-c1cnn(C)c1. The molecule has 1 atom stereocenters. The van der Waals surface area contributed by atoms with Gasteiger partial charge >= 0.3 is 0 Å². The Morgan fingerprint density at radius 1 is 1.03 bits per heavy atom. The molecule has 1 N–H and O–H groups in total. The average molecular weight is 458 g/mol. The Kier molecular flexibility index (Phi) is 5.85. The zero-order valence-electron chi connectivity index (χ0n) is 19.7. The second-order valence-electron chi connectivity index (χ2n) is 8.45. The zero-order valence-corrected chi connectivity index (χ0v) is 19.7. The van der Waals surface area contributed by atoms with Gasteiger partial charge in [-0.05, 0) is 50.4 Å². The molecule has 1 unspecified atom stereocenters. The fraction of sp³-hybridized carbons (Fsp3) is 0.280. The Morgan fingerprint density at radius 3 is 2.62 bits per heavy atom. The van der Waals surface area contributed by atoms with Gasteiger partial charge in [0.05, 0.1) is 19.0 Å². The van der Waals surface area contributed by atoms with Crippen LogP contribution in [0.3, 0.4) is 0 Å². The number of nitrogens with zero attached hydrogens (tertiary/aromatic N) is 6. The number of nitrogens with one attached hydrogen (secondary N) is 1. The number of rotatable bonds is 5. The van der Waals surface area contributed by atoms with Gasteiger partial charge in [0.2, 0.25) is 11.8 Å².